The average molecular weight is 309 g/mol. The van der Waals surface area contributed by atoms with Gasteiger partial charge < -0.3 is 5.73 Å². The smallest absolute Gasteiger partial charge is 0.242 e. The fourth-order valence-corrected chi connectivity index (χ4v) is 4.02. The van der Waals surface area contributed by atoms with Crippen LogP contribution in [-0.4, -0.2) is 14.5 Å². The fourth-order valence-electron chi connectivity index (χ4n) is 1.78. The third-order valence-corrected chi connectivity index (χ3v) is 5.53. The lowest BCUT2D eigenvalue weighted by molar-refractivity contribution is 0.383. The van der Waals surface area contributed by atoms with Crippen LogP contribution < -0.4 is 10.5 Å². The Morgan fingerprint density at radius 3 is 2.50 bits per heavy atom. The van der Waals surface area contributed by atoms with Gasteiger partial charge in [0.05, 0.1) is 5.02 Å². The van der Waals surface area contributed by atoms with Gasteiger partial charge in [-0.2, -0.15) is 0 Å². The number of hydrogen-bond acceptors (Lipinski definition) is 3. The molecule has 0 amide bonds. The van der Waals surface area contributed by atoms with Crippen molar-refractivity contribution in [2.45, 2.75) is 36.7 Å². The number of hydrogen-bond donors (Lipinski definition) is 2. The monoisotopic (exact) mass is 308 g/mol. The van der Waals surface area contributed by atoms with Gasteiger partial charge in [0, 0.05) is 23.2 Å². The molecule has 1 aromatic carbocycles. The summed E-state index contributed by atoms with van der Waals surface area (Å²) >= 11 is 12.0. The van der Waals surface area contributed by atoms with Gasteiger partial charge in [-0.25, -0.2) is 13.1 Å². The lowest BCUT2D eigenvalue weighted by Crippen LogP contribution is -2.39. The van der Waals surface area contributed by atoms with Gasteiger partial charge in [0.25, 0.3) is 0 Å². The molecule has 0 atom stereocenters. The van der Waals surface area contributed by atoms with E-state index in [0.29, 0.717) is 10.6 Å². The molecular weight excluding hydrogens is 295 g/mol. The first-order chi connectivity index (χ1) is 8.45. The summed E-state index contributed by atoms with van der Waals surface area (Å²) in [4.78, 5) is 0.0425. The van der Waals surface area contributed by atoms with Crippen molar-refractivity contribution >= 4 is 33.2 Å². The van der Waals surface area contributed by atoms with Crippen molar-refractivity contribution in [2.24, 2.45) is 5.73 Å². The van der Waals surface area contributed by atoms with Crippen LogP contribution in [0.2, 0.25) is 10.0 Å². The molecule has 4 nitrogen and oxygen atoms in total. The van der Waals surface area contributed by atoms with Gasteiger partial charge in [-0.1, -0.05) is 29.6 Å². The molecule has 0 bridgehead atoms. The van der Waals surface area contributed by atoms with Gasteiger partial charge in [0.2, 0.25) is 10.0 Å². The van der Waals surface area contributed by atoms with Crippen molar-refractivity contribution in [3.8, 4) is 0 Å². The molecule has 1 aliphatic carbocycles. The molecule has 1 fully saturated rings. The molecule has 0 saturated heterocycles. The van der Waals surface area contributed by atoms with Crippen molar-refractivity contribution in [2.75, 3.05) is 0 Å². The molecule has 0 radical (unpaired) electrons. The Morgan fingerprint density at radius 2 is 2.00 bits per heavy atom. The molecule has 2 rings (SSSR count). The predicted octanol–water partition coefficient (Wildman–Crippen LogP) is 2.28. The van der Waals surface area contributed by atoms with E-state index < -0.39 is 10.0 Å². The molecule has 0 aliphatic heterocycles. The summed E-state index contributed by atoms with van der Waals surface area (Å²) in [5.41, 5.74) is 5.97. The number of benzene rings is 1. The first-order valence-electron chi connectivity index (χ1n) is 5.65. The standard InChI is InChI=1S/C11H14Cl2N2O2S/c12-9-4-5-10(11(13)8(9)6-14)18(16,17)15-7-2-1-3-7/h4-5,7,15H,1-3,6,14H2. The second-order valence-electron chi connectivity index (χ2n) is 4.29. The topological polar surface area (TPSA) is 72.2 Å². The van der Waals surface area contributed by atoms with E-state index in [1.165, 1.54) is 12.1 Å². The maximum absolute atomic E-state index is 12.2. The van der Waals surface area contributed by atoms with E-state index in [1.807, 2.05) is 0 Å². The molecule has 0 aromatic heterocycles. The summed E-state index contributed by atoms with van der Waals surface area (Å²) in [5, 5.41) is 0.488. The SMILES string of the molecule is NCc1c(Cl)ccc(S(=O)(=O)NC2CCC2)c1Cl. The normalized spacial score (nSPS) is 16.6. The molecule has 1 saturated carbocycles. The first kappa shape index (κ1) is 14.1. The summed E-state index contributed by atoms with van der Waals surface area (Å²) < 4.78 is 26.9. The number of nitrogens with one attached hydrogen (secondary N) is 1. The zero-order valence-corrected chi connectivity index (χ0v) is 11.9. The Hall–Kier alpha value is -0.330. The molecule has 3 N–H and O–H groups in total. The molecule has 0 unspecified atom stereocenters. The zero-order valence-electron chi connectivity index (χ0n) is 9.62. The van der Waals surface area contributed by atoms with Gasteiger partial charge in [0.15, 0.2) is 0 Å². The summed E-state index contributed by atoms with van der Waals surface area (Å²) in [5.74, 6) is 0. The van der Waals surface area contributed by atoms with E-state index in [0.717, 1.165) is 19.3 Å². The van der Waals surface area contributed by atoms with Gasteiger partial charge in [0.1, 0.15) is 4.90 Å². The van der Waals surface area contributed by atoms with Crippen LogP contribution in [0.25, 0.3) is 0 Å². The van der Waals surface area contributed by atoms with Gasteiger partial charge in [-0.3, -0.25) is 0 Å². The molecular formula is C11H14Cl2N2O2S. The van der Waals surface area contributed by atoms with E-state index in [2.05, 4.69) is 4.72 Å². The minimum Gasteiger partial charge on any atom is -0.326 e. The second-order valence-corrected chi connectivity index (χ2v) is 6.76. The summed E-state index contributed by atoms with van der Waals surface area (Å²) in [6.45, 7) is 0.102. The summed E-state index contributed by atoms with van der Waals surface area (Å²) in [6, 6.07) is 2.93. The number of rotatable bonds is 4. The van der Waals surface area contributed by atoms with E-state index in [1.54, 1.807) is 0 Å². The Morgan fingerprint density at radius 1 is 1.33 bits per heavy atom. The lowest BCUT2D eigenvalue weighted by atomic mass is 9.94. The molecule has 0 spiro atoms. The van der Waals surface area contributed by atoms with Crippen LogP contribution in [0, 0.1) is 0 Å². The quantitative estimate of drug-likeness (QED) is 0.896. The van der Waals surface area contributed by atoms with Crippen LogP contribution in [0.5, 0.6) is 0 Å². The van der Waals surface area contributed by atoms with Crippen LogP contribution in [0.15, 0.2) is 17.0 Å². The van der Waals surface area contributed by atoms with Crippen molar-refractivity contribution in [1.82, 2.24) is 4.72 Å². The van der Waals surface area contributed by atoms with Crippen molar-refractivity contribution in [3.63, 3.8) is 0 Å². The zero-order chi connectivity index (χ0) is 13.3. The summed E-state index contributed by atoms with van der Waals surface area (Å²) in [6.07, 6.45) is 2.79. The lowest BCUT2D eigenvalue weighted by Gasteiger charge is -2.26. The van der Waals surface area contributed by atoms with E-state index in [4.69, 9.17) is 28.9 Å². The predicted molar refractivity (Wildman–Crippen MR) is 72.3 cm³/mol. The largest absolute Gasteiger partial charge is 0.326 e. The molecule has 18 heavy (non-hydrogen) atoms. The van der Waals surface area contributed by atoms with Gasteiger partial charge >= 0.3 is 0 Å². The van der Waals surface area contributed by atoms with Crippen LogP contribution in [0.4, 0.5) is 0 Å². The molecule has 100 valence electrons. The number of nitrogens with two attached hydrogens (primary N) is 1. The van der Waals surface area contributed by atoms with Crippen molar-refractivity contribution in [1.29, 1.82) is 0 Å². The number of halogens is 2. The van der Waals surface area contributed by atoms with Crippen LogP contribution in [-0.2, 0) is 16.6 Å². The molecule has 0 heterocycles. The maximum atomic E-state index is 12.2. The Bertz CT molecular complexity index is 556. The van der Waals surface area contributed by atoms with Crippen molar-refractivity contribution < 1.29 is 8.42 Å². The molecule has 1 aliphatic rings. The van der Waals surface area contributed by atoms with E-state index in [9.17, 15) is 8.42 Å². The second kappa shape index (κ2) is 5.35. The minimum absolute atomic E-state index is 0.0167. The average Bonchev–Trinajstić information content (AvgIpc) is 2.24. The van der Waals surface area contributed by atoms with Crippen LogP contribution in [0.1, 0.15) is 24.8 Å². The van der Waals surface area contributed by atoms with E-state index in [-0.39, 0.29) is 22.5 Å². The first-order valence-corrected chi connectivity index (χ1v) is 7.89. The van der Waals surface area contributed by atoms with Crippen LogP contribution in [0.3, 0.4) is 0 Å². The Balaban J connectivity index is 2.37. The van der Waals surface area contributed by atoms with E-state index >= 15 is 0 Å². The fraction of sp³-hybridized carbons (Fsp3) is 0.455. The highest BCUT2D eigenvalue weighted by Crippen LogP contribution is 2.31. The number of sulfonamides is 1. The molecule has 1 aromatic rings. The van der Waals surface area contributed by atoms with Gasteiger partial charge in [-0.05, 0) is 25.0 Å². The highest BCUT2D eigenvalue weighted by Gasteiger charge is 2.27. The Kier molecular flexibility index (Phi) is 4.18. The highest BCUT2D eigenvalue weighted by molar-refractivity contribution is 7.89. The maximum Gasteiger partial charge on any atom is 0.242 e. The Labute approximate surface area is 117 Å². The third-order valence-electron chi connectivity index (χ3n) is 3.07. The van der Waals surface area contributed by atoms with Crippen molar-refractivity contribution in [3.05, 3.63) is 27.7 Å². The molecule has 7 heteroatoms. The summed E-state index contributed by atoms with van der Waals surface area (Å²) in [7, 11) is -3.60. The highest BCUT2D eigenvalue weighted by atomic mass is 35.5. The van der Waals surface area contributed by atoms with Crippen LogP contribution >= 0.6 is 23.2 Å². The third kappa shape index (κ3) is 2.65. The minimum atomic E-state index is -3.60. The van der Waals surface area contributed by atoms with Gasteiger partial charge in [-0.15, -0.1) is 0 Å².